The smallest absolute Gasteiger partial charge is 0.191 e. The molecule has 10 heteroatoms. The molecule has 0 amide bonds. The zero-order valence-corrected chi connectivity index (χ0v) is 21.0. The van der Waals surface area contributed by atoms with Crippen LogP contribution in [0.4, 0.5) is 16.0 Å². The minimum absolute atomic E-state index is 0. The number of guanidine groups is 1. The number of hydrogen-bond acceptors (Lipinski definition) is 6. The van der Waals surface area contributed by atoms with Gasteiger partial charge in [0, 0.05) is 71.3 Å². The van der Waals surface area contributed by atoms with Gasteiger partial charge in [0.25, 0.3) is 0 Å². The third-order valence-electron chi connectivity index (χ3n) is 5.89. The highest BCUT2D eigenvalue weighted by molar-refractivity contribution is 14.0. The van der Waals surface area contributed by atoms with E-state index in [4.69, 9.17) is 0 Å². The number of piperazine rings is 1. The Kier molecular flexibility index (Phi) is 8.85. The molecular weight excluding hydrogens is 522 g/mol. The molecule has 2 saturated heterocycles. The van der Waals surface area contributed by atoms with E-state index in [9.17, 15) is 4.39 Å². The normalized spacial score (nSPS) is 19.6. The zero-order chi connectivity index (χ0) is 21.6. The molecule has 0 aliphatic carbocycles. The SMILES string of the molecule is CN=C(NCc1ccc(N2CCN(C)CC2)nc1)NC1CCN(c2ncccc2F)C1.I. The summed E-state index contributed by atoms with van der Waals surface area (Å²) in [5.41, 5.74) is 1.10. The molecule has 4 heterocycles. The fourth-order valence-electron chi connectivity index (χ4n) is 4.00. The van der Waals surface area contributed by atoms with Gasteiger partial charge < -0.3 is 25.3 Å². The lowest BCUT2D eigenvalue weighted by atomic mass is 10.2. The van der Waals surface area contributed by atoms with Crippen LogP contribution in [-0.2, 0) is 6.54 Å². The van der Waals surface area contributed by atoms with Gasteiger partial charge in [0.2, 0.25) is 0 Å². The Labute approximate surface area is 206 Å². The molecule has 32 heavy (non-hydrogen) atoms. The van der Waals surface area contributed by atoms with Crippen molar-refractivity contribution < 1.29 is 4.39 Å². The van der Waals surface area contributed by atoms with Crippen LogP contribution in [0, 0.1) is 5.82 Å². The monoisotopic (exact) mass is 554 g/mol. The van der Waals surface area contributed by atoms with Crippen molar-refractivity contribution in [2.24, 2.45) is 4.99 Å². The first kappa shape index (κ1) is 24.4. The highest BCUT2D eigenvalue weighted by Crippen LogP contribution is 2.20. The number of hydrogen-bond donors (Lipinski definition) is 2. The molecule has 2 aliphatic rings. The van der Waals surface area contributed by atoms with Crippen LogP contribution in [0.5, 0.6) is 0 Å². The molecule has 4 rings (SSSR count). The largest absolute Gasteiger partial charge is 0.354 e. The summed E-state index contributed by atoms with van der Waals surface area (Å²) < 4.78 is 14.0. The molecule has 0 aromatic carbocycles. The number of aromatic nitrogens is 2. The van der Waals surface area contributed by atoms with Gasteiger partial charge in [-0.25, -0.2) is 14.4 Å². The zero-order valence-electron chi connectivity index (χ0n) is 18.7. The maximum absolute atomic E-state index is 14.0. The van der Waals surface area contributed by atoms with E-state index < -0.39 is 0 Å². The highest BCUT2D eigenvalue weighted by Gasteiger charge is 2.26. The molecule has 0 bridgehead atoms. The van der Waals surface area contributed by atoms with Gasteiger partial charge in [-0.05, 0) is 37.2 Å². The van der Waals surface area contributed by atoms with Crippen LogP contribution in [0.3, 0.4) is 0 Å². The van der Waals surface area contributed by atoms with Gasteiger partial charge in [0.1, 0.15) is 5.82 Å². The lowest BCUT2D eigenvalue weighted by molar-refractivity contribution is 0.312. The van der Waals surface area contributed by atoms with E-state index in [1.165, 1.54) is 6.07 Å². The Balaban J connectivity index is 0.00000289. The third kappa shape index (κ3) is 6.18. The van der Waals surface area contributed by atoms with E-state index in [2.05, 4.69) is 54.6 Å². The summed E-state index contributed by atoms with van der Waals surface area (Å²) >= 11 is 0. The number of rotatable bonds is 5. The second-order valence-electron chi connectivity index (χ2n) is 8.13. The second-order valence-corrected chi connectivity index (χ2v) is 8.13. The molecule has 0 spiro atoms. The standard InChI is InChI=1S/C22H31FN8.HI/c1-24-22(28-18-7-9-31(16-18)21-19(23)4-3-8-25-21)27-15-17-5-6-20(26-14-17)30-12-10-29(2)11-13-30;/h3-6,8,14,18H,7,9-13,15-16H2,1-2H3,(H2,24,27,28);1H. The lowest BCUT2D eigenvalue weighted by Gasteiger charge is -2.33. The van der Waals surface area contributed by atoms with Gasteiger partial charge >= 0.3 is 0 Å². The molecule has 8 nitrogen and oxygen atoms in total. The summed E-state index contributed by atoms with van der Waals surface area (Å²) in [5, 5.41) is 6.79. The molecule has 2 N–H and O–H groups in total. The summed E-state index contributed by atoms with van der Waals surface area (Å²) in [5.74, 6) is 1.91. The summed E-state index contributed by atoms with van der Waals surface area (Å²) in [6, 6.07) is 7.46. The fourth-order valence-corrected chi connectivity index (χ4v) is 4.00. The summed E-state index contributed by atoms with van der Waals surface area (Å²) in [6.07, 6.45) is 4.45. The average molecular weight is 554 g/mol. The molecule has 0 radical (unpaired) electrons. The first-order valence-electron chi connectivity index (χ1n) is 10.8. The lowest BCUT2D eigenvalue weighted by Crippen LogP contribution is -2.45. The number of pyridine rings is 2. The molecule has 174 valence electrons. The molecule has 2 fully saturated rings. The minimum Gasteiger partial charge on any atom is -0.354 e. The Hall–Kier alpha value is -2.21. The van der Waals surface area contributed by atoms with Gasteiger partial charge in [-0.2, -0.15) is 0 Å². The van der Waals surface area contributed by atoms with E-state index in [0.717, 1.165) is 56.5 Å². The third-order valence-corrected chi connectivity index (χ3v) is 5.89. The van der Waals surface area contributed by atoms with Gasteiger partial charge in [0.05, 0.1) is 0 Å². The van der Waals surface area contributed by atoms with Crippen LogP contribution in [-0.4, -0.2) is 80.2 Å². The fraction of sp³-hybridized carbons (Fsp3) is 0.500. The molecule has 2 aromatic rings. The number of nitrogens with one attached hydrogen (secondary N) is 2. The van der Waals surface area contributed by atoms with Crippen LogP contribution in [0.2, 0.25) is 0 Å². The Bertz CT molecular complexity index is 886. The van der Waals surface area contributed by atoms with Crippen molar-refractivity contribution in [2.75, 3.05) is 63.2 Å². The van der Waals surface area contributed by atoms with E-state index in [1.54, 1.807) is 19.3 Å². The van der Waals surface area contributed by atoms with Crippen molar-refractivity contribution in [3.05, 3.63) is 48.0 Å². The summed E-state index contributed by atoms with van der Waals surface area (Å²) in [7, 11) is 3.91. The number of nitrogens with zero attached hydrogens (tertiary/aromatic N) is 6. The Morgan fingerprint density at radius 2 is 1.94 bits per heavy atom. The Morgan fingerprint density at radius 3 is 2.62 bits per heavy atom. The summed E-state index contributed by atoms with van der Waals surface area (Å²) in [4.78, 5) is 19.8. The van der Waals surface area contributed by atoms with Crippen molar-refractivity contribution in [3.63, 3.8) is 0 Å². The predicted molar refractivity (Wildman–Crippen MR) is 138 cm³/mol. The Morgan fingerprint density at radius 1 is 1.12 bits per heavy atom. The van der Waals surface area contributed by atoms with E-state index >= 15 is 0 Å². The van der Waals surface area contributed by atoms with Crippen molar-refractivity contribution >= 4 is 41.6 Å². The van der Waals surface area contributed by atoms with E-state index in [0.29, 0.717) is 18.9 Å². The number of likely N-dealkylation sites (N-methyl/N-ethyl adjacent to an activating group) is 1. The first-order valence-corrected chi connectivity index (χ1v) is 10.8. The van der Waals surface area contributed by atoms with Crippen LogP contribution in [0.15, 0.2) is 41.7 Å². The molecule has 2 aromatic heterocycles. The van der Waals surface area contributed by atoms with Gasteiger partial charge in [0.15, 0.2) is 17.6 Å². The maximum Gasteiger partial charge on any atom is 0.191 e. The van der Waals surface area contributed by atoms with Crippen molar-refractivity contribution in [3.8, 4) is 0 Å². The van der Waals surface area contributed by atoms with Gasteiger partial charge in [-0.15, -0.1) is 24.0 Å². The quantitative estimate of drug-likeness (QED) is 0.333. The topological polar surface area (TPSA) is 71.9 Å². The molecule has 2 aliphatic heterocycles. The number of anilines is 2. The van der Waals surface area contributed by atoms with E-state index in [1.807, 2.05) is 11.1 Å². The average Bonchev–Trinajstić information content (AvgIpc) is 3.26. The van der Waals surface area contributed by atoms with Crippen LogP contribution >= 0.6 is 24.0 Å². The molecular formula is C22H32FIN8. The van der Waals surface area contributed by atoms with Crippen molar-refractivity contribution in [1.29, 1.82) is 0 Å². The van der Waals surface area contributed by atoms with Crippen LogP contribution < -0.4 is 20.4 Å². The predicted octanol–water partition coefficient (Wildman–Crippen LogP) is 1.93. The van der Waals surface area contributed by atoms with Crippen LogP contribution in [0.25, 0.3) is 0 Å². The van der Waals surface area contributed by atoms with Crippen molar-refractivity contribution in [1.82, 2.24) is 25.5 Å². The first-order chi connectivity index (χ1) is 15.1. The molecule has 1 atom stereocenters. The minimum atomic E-state index is -0.279. The summed E-state index contributed by atoms with van der Waals surface area (Å²) in [6.45, 7) is 6.26. The maximum atomic E-state index is 14.0. The van der Waals surface area contributed by atoms with Gasteiger partial charge in [-0.1, -0.05) is 6.07 Å². The van der Waals surface area contributed by atoms with Crippen molar-refractivity contribution in [2.45, 2.75) is 19.0 Å². The molecule has 0 saturated carbocycles. The van der Waals surface area contributed by atoms with E-state index in [-0.39, 0.29) is 35.8 Å². The number of aliphatic imine (C=N–C) groups is 1. The number of halogens is 2. The molecule has 1 unspecified atom stereocenters. The van der Waals surface area contributed by atoms with Crippen LogP contribution in [0.1, 0.15) is 12.0 Å². The highest BCUT2D eigenvalue weighted by atomic mass is 127. The second kappa shape index (κ2) is 11.6. The van der Waals surface area contributed by atoms with Gasteiger partial charge in [-0.3, -0.25) is 4.99 Å².